The van der Waals surface area contributed by atoms with Crippen LogP contribution >= 0.6 is 11.6 Å². The van der Waals surface area contributed by atoms with Crippen molar-refractivity contribution in [3.63, 3.8) is 0 Å². The average Bonchev–Trinajstić information content (AvgIpc) is 2.70. The van der Waals surface area contributed by atoms with Gasteiger partial charge in [-0.3, -0.25) is 14.4 Å². The molecule has 0 saturated carbocycles. The lowest BCUT2D eigenvalue weighted by Gasteiger charge is -2.27. The molecule has 0 fully saturated rings. The molecule has 116 valence electrons. The normalized spacial score (nSPS) is 15.4. The fourth-order valence-electron chi connectivity index (χ4n) is 2.99. The maximum atomic E-state index is 13.0. The van der Waals surface area contributed by atoms with Gasteiger partial charge in [-0.15, -0.1) is 0 Å². The number of aryl methyl sites for hydroxylation is 1. The van der Waals surface area contributed by atoms with Gasteiger partial charge in [-0.2, -0.15) is 0 Å². The molecule has 1 aliphatic rings. The molecule has 2 aromatic carbocycles. The van der Waals surface area contributed by atoms with Crippen LogP contribution in [0.3, 0.4) is 0 Å². The van der Waals surface area contributed by atoms with Crippen molar-refractivity contribution in [3.8, 4) is 0 Å². The molecule has 0 N–H and O–H groups in total. The Morgan fingerprint density at radius 1 is 1.04 bits per heavy atom. The minimum atomic E-state index is -1.97. The molecule has 2 aromatic rings. The summed E-state index contributed by atoms with van der Waals surface area (Å²) in [6, 6.07) is 11.2. The van der Waals surface area contributed by atoms with Crippen LogP contribution in [-0.2, 0) is 15.1 Å². The molecule has 23 heavy (non-hydrogen) atoms. The van der Waals surface area contributed by atoms with Crippen LogP contribution in [0.5, 0.6) is 0 Å². The zero-order valence-corrected chi connectivity index (χ0v) is 13.3. The molecule has 5 heteroatoms. The second-order valence-corrected chi connectivity index (χ2v) is 5.87. The molecule has 3 rings (SSSR count). The van der Waals surface area contributed by atoms with Gasteiger partial charge in [0.05, 0.1) is 0 Å². The van der Waals surface area contributed by atoms with Crippen LogP contribution in [0.2, 0.25) is 5.02 Å². The molecule has 0 spiro atoms. The SMILES string of the molecule is CC(=O)OC1(c2ccc(Cl)cc2C)C(=O)c2ccccc2C1=O. The predicted octanol–water partition coefficient (Wildman–Crippen LogP) is 3.49. The van der Waals surface area contributed by atoms with Crippen LogP contribution in [0.1, 0.15) is 38.8 Å². The van der Waals surface area contributed by atoms with Gasteiger partial charge in [-0.25, -0.2) is 0 Å². The summed E-state index contributed by atoms with van der Waals surface area (Å²) >= 11 is 5.96. The Hall–Kier alpha value is -2.46. The first-order valence-corrected chi connectivity index (χ1v) is 7.40. The van der Waals surface area contributed by atoms with E-state index in [0.29, 0.717) is 16.1 Å². The Bertz CT molecular complexity index is 819. The molecule has 0 aliphatic heterocycles. The van der Waals surface area contributed by atoms with Gasteiger partial charge in [0.25, 0.3) is 5.60 Å². The van der Waals surface area contributed by atoms with Crippen LogP contribution in [0.4, 0.5) is 0 Å². The van der Waals surface area contributed by atoms with Crippen molar-refractivity contribution >= 4 is 29.1 Å². The number of fused-ring (bicyclic) bond motifs is 1. The van der Waals surface area contributed by atoms with Crippen molar-refractivity contribution in [2.45, 2.75) is 19.4 Å². The van der Waals surface area contributed by atoms with Crippen LogP contribution < -0.4 is 0 Å². The van der Waals surface area contributed by atoms with E-state index in [4.69, 9.17) is 16.3 Å². The lowest BCUT2D eigenvalue weighted by molar-refractivity contribution is -0.149. The van der Waals surface area contributed by atoms with Crippen molar-refractivity contribution < 1.29 is 19.1 Å². The van der Waals surface area contributed by atoms with E-state index in [1.54, 1.807) is 49.4 Å². The lowest BCUT2D eigenvalue weighted by atomic mass is 9.85. The molecule has 0 aromatic heterocycles. The average molecular weight is 329 g/mol. The van der Waals surface area contributed by atoms with Gasteiger partial charge in [0.1, 0.15) is 0 Å². The highest BCUT2D eigenvalue weighted by atomic mass is 35.5. The quantitative estimate of drug-likeness (QED) is 0.625. The summed E-state index contributed by atoms with van der Waals surface area (Å²) in [4.78, 5) is 37.6. The van der Waals surface area contributed by atoms with Gasteiger partial charge in [0.2, 0.25) is 11.6 Å². The topological polar surface area (TPSA) is 60.4 Å². The van der Waals surface area contributed by atoms with Gasteiger partial charge in [-0.1, -0.05) is 41.9 Å². The molecule has 0 radical (unpaired) electrons. The zero-order chi connectivity index (χ0) is 16.8. The van der Waals surface area contributed by atoms with E-state index >= 15 is 0 Å². The van der Waals surface area contributed by atoms with E-state index in [9.17, 15) is 14.4 Å². The second-order valence-electron chi connectivity index (χ2n) is 5.44. The fraction of sp³-hybridized carbons (Fsp3) is 0.167. The van der Waals surface area contributed by atoms with Crippen LogP contribution in [0.15, 0.2) is 42.5 Å². The van der Waals surface area contributed by atoms with Crippen molar-refractivity contribution in [3.05, 3.63) is 69.7 Å². The van der Waals surface area contributed by atoms with Crippen molar-refractivity contribution in [2.75, 3.05) is 0 Å². The van der Waals surface area contributed by atoms with Crippen LogP contribution in [0, 0.1) is 6.92 Å². The summed E-state index contributed by atoms with van der Waals surface area (Å²) in [5.41, 5.74) is -0.512. The van der Waals surface area contributed by atoms with E-state index < -0.39 is 23.1 Å². The number of carbonyl (C=O) groups excluding carboxylic acids is 3. The Morgan fingerprint density at radius 2 is 1.61 bits per heavy atom. The molecule has 0 bridgehead atoms. The Labute approximate surface area is 138 Å². The first kappa shape index (κ1) is 15.4. The highest BCUT2D eigenvalue weighted by molar-refractivity contribution is 6.33. The third kappa shape index (κ3) is 2.18. The fourth-order valence-corrected chi connectivity index (χ4v) is 3.22. The largest absolute Gasteiger partial charge is 0.437 e. The number of ketones is 2. The molecule has 1 aliphatic carbocycles. The molecule has 0 amide bonds. The van der Waals surface area contributed by atoms with Crippen molar-refractivity contribution in [1.82, 2.24) is 0 Å². The van der Waals surface area contributed by atoms with Gasteiger partial charge < -0.3 is 4.74 Å². The number of carbonyl (C=O) groups is 3. The summed E-state index contributed by atoms with van der Waals surface area (Å²) in [7, 11) is 0. The lowest BCUT2D eigenvalue weighted by Crippen LogP contribution is -2.43. The highest BCUT2D eigenvalue weighted by Gasteiger charge is 2.57. The standard InChI is InChI=1S/C18H13ClO4/c1-10-9-12(19)7-8-15(10)18(23-11(2)20)16(21)13-5-3-4-6-14(13)17(18)22/h3-9H,1-2H3. The monoisotopic (exact) mass is 328 g/mol. The molecule has 0 heterocycles. The molecule has 0 unspecified atom stereocenters. The van der Waals surface area contributed by atoms with E-state index in [1.807, 2.05) is 0 Å². The predicted molar refractivity (Wildman–Crippen MR) is 84.7 cm³/mol. The van der Waals surface area contributed by atoms with Crippen molar-refractivity contribution in [2.24, 2.45) is 0 Å². The maximum absolute atomic E-state index is 13.0. The highest BCUT2D eigenvalue weighted by Crippen LogP contribution is 2.42. The van der Waals surface area contributed by atoms with Gasteiger partial charge in [0, 0.05) is 28.6 Å². The maximum Gasteiger partial charge on any atom is 0.304 e. The third-order valence-corrected chi connectivity index (χ3v) is 4.16. The molecular weight excluding hydrogens is 316 g/mol. The van der Waals surface area contributed by atoms with Gasteiger partial charge in [-0.05, 0) is 24.6 Å². The zero-order valence-electron chi connectivity index (χ0n) is 12.6. The summed E-state index contributed by atoms with van der Waals surface area (Å²) in [5, 5.41) is 0.472. The van der Waals surface area contributed by atoms with E-state index in [0.717, 1.165) is 0 Å². The van der Waals surface area contributed by atoms with Gasteiger partial charge in [0.15, 0.2) is 0 Å². The molecule has 0 saturated heterocycles. The van der Waals surface area contributed by atoms with E-state index in [1.165, 1.54) is 6.92 Å². The van der Waals surface area contributed by atoms with E-state index in [-0.39, 0.29) is 11.1 Å². The molecule has 0 atom stereocenters. The Kier molecular flexibility index (Phi) is 3.57. The molecular formula is C18H13ClO4. The van der Waals surface area contributed by atoms with Gasteiger partial charge >= 0.3 is 5.97 Å². The number of rotatable bonds is 2. The second kappa shape index (κ2) is 5.32. The number of benzene rings is 2. The summed E-state index contributed by atoms with van der Waals surface area (Å²) in [6.45, 7) is 2.90. The minimum absolute atomic E-state index is 0.258. The first-order valence-electron chi connectivity index (χ1n) is 7.02. The number of Topliss-reactive ketones (excluding diaryl/α,β-unsaturated/α-hetero) is 2. The smallest absolute Gasteiger partial charge is 0.304 e. The van der Waals surface area contributed by atoms with Crippen molar-refractivity contribution in [1.29, 1.82) is 0 Å². The number of hydrogen-bond acceptors (Lipinski definition) is 4. The third-order valence-electron chi connectivity index (χ3n) is 3.92. The first-order chi connectivity index (χ1) is 10.9. The summed E-state index contributed by atoms with van der Waals surface area (Å²) in [5.74, 6) is -1.76. The minimum Gasteiger partial charge on any atom is -0.437 e. The Morgan fingerprint density at radius 3 is 2.09 bits per heavy atom. The molecule has 4 nitrogen and oxygen atoms in total. The summed E-state index contributed by atoms with van der Waals surface area (Å²) in [6.07, 6.45) is 0. The summed E-state index contributed by atoms with van der Waals surface area (Å²) < 4.78 is 5.33. The van der Waals surface area contributed by atoms with Crippen LogP contribution in [0.25, 0.3) is 0 Å². The Balaban J connectivity index is 2.30. The van der Waals surface area contributed by atoms with E-state index in [2.05, 4.69) is 0 Å². The number of hydrogen-bond donors (Lipinski definition) is 0. The number of esters is 1. The number of halogens is 1. The van der Waals surface area contributed by atoms with Crippen LogP contribution in [-0.4, -0.2) is 17.5 Å². The number of ether oxygens (including phenoxy) is 1.